The summed E-state index contributed by atoms with van der Waals surface area (Å²) in [5.74, 6) is 8.54. The van der Waals surface area contributed by atoms with Gasteiger partial charge in [0.2, 0.25) is 0 Å². The SMILES string of the molecule is C=NC/C(CC)=C(/C#CN)CC.C=NC/C(CC)=C(\C#CN)CC.C=NCC(C)(CC)C(=C)C#CN. The summed E-state index contributed by atoms with van der Waals surface area (Å²) in [4.78, 5) is 11.5. The average molecular weight is 493 g/mol. The zero-order valence-corrected chi connectivity index (χ0v) is 23.6. The Balaban J connectivity index is -0.000000454. The van der Waals surface area contributed by atoms with E-state index in [1.165, 1.54) is 11.1 Å². The fourth-order valence-electron chi connectivity index (χ4n) is 3.04. The summed E-state index contributed by atoms with van der Waals surface area (Å²) in [6.07, 6.45) is 4.72. The van der Waals surface area contributed by atoms with Crippen molar-refractivity contribution in [2.75, 3.05) is 19.6 Å². The van der Waals surface area contributed by atoms with Gasteiger partial charge in [-0.25, -0.2) is 0 Å². The maximum absolute atomic E-state index is 5.15. The number of nitrogens with two attached hydrogens (primary N) is 3. The van der Waals surface area contributed by atoms with Crippen molar-refractivity contribution in [3.63, 3.8) is 0 Å². The molecule has 6 N–H and O–H groups in total. The summed E-state index contributed by atoms with van der Waals surface area (Å²) in [6, 6.07) is 7.20. The lowest BCUT2D eigenvalue weighted by Crippen LogP contribution is -2.21. The van der Waals surface area contributed by atoms with Crippen molar-refractivity contribution in [2.45, 2.75) is 73.6 Å². The number of hydrogen-bond acceptors (Lipinski definition) is 6. The van der Waals surface area contributed by atoms with E-state index >= 15 is 0 Å². The Morgan fingerprint density at radius 2 is 1.06 bits per heavy atom. The normalized spacial score (nSPS) is 12.1. The predicted octanol–water partition coefficient (Wildman–Crippen LogP) is 5.03. The Morgan fingerprint density at radius 3 is 1.28 bits per heavy atom. The van der Waals surface area contributed by atoms with Crippen LogP contribution in [0.15, 0.2) is 49.4 Å². The van der Waals surface area contributed by atoms with Gasteiger partial charge in [-0.3, -0.25) is 15.0 Å². The third-order valence-corrected chi connectivity index (χ3v) is 5.66. The van der Waals surface area contributed by atoms with Crippen LogP contribution in [0, 0.1) is 41.3 Å². The second-order valence-corrected chi connectivity index (χ2v) is 7.92. The Kier molecular flexibility index (Phi) is 25.0. The molecule has 0 amide bonds. The third-order valence-electron chi connectivity index (χ3n) is 5.66. The summed E-state index contributed by atoms with van der Waals surface area (Å²) in [6.45, 7) is 28.7. The van der Waals surface area contributed by atoms with Gasteiger partial charge < -0.3 is 17.2 Å². The number of hydrogen-bond donors (Lipinski definition) is 3. The highest BCUT2D eigenvalue weighted by Gasteiger charge is 2.23. The van der Waals surface area contributed by atoms with E-state index in [1.807, 2.05) is 0 Å². The van der Waals surface area contributed by atoms with Crippen molar-refractivity contribution in [3.05, 3.63) is 34.4 Å². The first-order valence-corrected chi connectivity index (χ1v) is 12.2. The maximum atomic E-state index is 5.15. The van der Waals surface area contributed by atoms with Crippen molar-refractivity contribution in [2.24, 2.45) is 37.6 Å². The van der Waals surface area contributed by atoms with Gasteiger partial charge in [-0.2, -0.15) is 0 Å². The van der Waals surface area contributed by atoms with Crippen LogP contribution < -0.4 is 17.2 Å². The number of rotatable bonds is 12. The second kappa shape index (κ2) is 24.4. The highest BCUT2D eigenvalue weighted by Crippen LogP contribution is 2.29. The van der Waals surface area contributed by atoms with Crippen LogP contribution >= 0.6 is 0 Å². The molecule has 0 aliphatic carbocycles. The van der Waals surface area contributed by atoms with E-state index in [4.69, 9.17) is 17.2 Å². The molecule has 0 radical (unpaired) electrons. The fourth-order valence-corrected chi connectivity index (χ4v) is 3.04. The van der Waals surface area contributed by atoms with Crippen molar-refractivity contribution < 1.29 is 0 Å². The van der Waals surface area contributed by atoms with Gasteiger partial charge in [0.15, 0.2) is 0 Å². The number of aliphatic imine (C=N–C) groups is 3. The minimum absolute atomic E-state index is 0.0753. The topological polar surface area (TPSA) is 115 Å². The molecule has 0 aromatic rings. The van der Waals surface area contributed by atoms with Crippen molar-refractivity contribution >= 4 is 20.2 Å². The molecule has 0 heterocycles. The highest BCUT2D eigenvalue weighted by atomic mass is 14.7. The minimum atomic E-state index is -0.0753. The van der Waals surface area contributed by atoms with Crippen LogP contribution in [-0.2, 0) is 0 Å². The van der Waals surface area contributed by atoms with Crippen LogP contribution in [0.3, 0.4) is 0 Å². The van der Waals surface area contributed by atoms with Crippen LogP contribution in [-0.4, -0.2) is 39.8 Å². The number of allylic oxidation sites excluding steroid dienone is 2. The molecule has 1 atom stereocenters. The van der Waals surface area contributed by atoms with E-state index in [0.717, 1.165) is 48.8 Å². The van der Waals surface area contributed by atoms with Crippen molar-refractivity contribution in [3.8, 4) is 35.9 Å². The minimum Gasteiger partial charge on any atom is -0.359 e. The summed E-state index contributed by atoms with van der Waals surface area (Å²) in [5.41, 5.74) is 20.9. The Bertz CT molecular complexity index is 883. The molecular formula is C30H48N6. The molecule has 0 aromatic carbocycles. The lowest BCUT2D eigenvalue weighted by atomic mass is 9.81. The molecule has 1 unspecified atom stereocenters. The Morgan fingerprint density at radius 1 is 0.667 bits per heavy atom. The Labute approximate surface area is 221 Å². The average Bonchev–Trinajstić information content (AvgIpc) is 2.89. The molecule has 6 heteroatoms. The molecule has 6 nitrogen and oxygen atoms in total. The van der Waals surface area contributed by atoms with Crippen LogP contribution in [0.25, 0.3) is 0 Å². The third kappa shape index (κ3) is 16.0. The molecule has 0 saturated heterocycles. The van der Waals surface area contributed by atoms with Gasteiger partial charge in [-0.1, -0.05) is 48.1 Å². The summed E-state index contributed by atoms with van der Waals surface area (Å²) < 4.78 is 0. The zero-order chi connectivity index (χ0) is 28.4. The van der Waals surface area contributed by atoms with Gasteiger partial charge in [-0.15, -0.1) is 0 Å². The van der Waals surface area contributed by atoms with Gasteiger partial charge in [0, 0.05) is 46.8 Å². The first-order chi connectivity index (χ1) is 17.2. The van der Waals surface area contributed by atoms with E-state index in [9.17, 15) is 0 Å². The van der Waals surface area contributed by atoms with E-state index in [2.05, 4.69) is 119 Å². The highest BCUT2D eigenvalue weighted by molar-refractivity contribution is 5.36. The standard InChI is InChI=1S/3C10H16N2/c1-5-10(3,8-12-4)9(2)6-7-11;2*1-4-9(6-7-11)10(5-2)8-12-3/h2,4-5,8,11H2,1,3H3;2*3-5,8,11H2,1-2H3/b;10-9+;10-9-. The molecule has 0 aromatic heterocycles. The summed E-state index contributed by atoms with van der Waals surface area (Å²) in [7, 11) is 0. The lowest BCUT2D eigenvalue weighted by Gasteiger charge is -2.25. The lowest BCUT2D eigenvalue weighted by molar-refractivity contribution is 0.410. The van der Waals surface area contributed by atoms with Crippen molar-refractivity contribution in [1.82, 2.24) is 0 Å². The van der Waals surface area contributed by atoms with E-state index in [-0.39, 0.29) is 5.41 Å². The van der Waals surface area contributed by atoms with Gasteiger partial charge in [0.05, 0.1) is 13.1 Å². The molecule has 0 aliphatic heterocycles. The molecule has 0 spiro atoms. The van der Waals surface area contributed by atoms with E-state index in [1.54, 1.807) is 0 Å². The summed E-state index contributed by atoms with van der Waals surface area (Å²) in [5, 5.41) is 0. The molecule has 0 rings (SSSR count). The molecule has 0 fully saturated rings. The summed E-state index contributed by atoms with van der Waals surface area (Å²) >= 11 is 0. The van der Waals surface area contributed by atoms with E-state index < -0.39 is 0 Å². The predicted molar refractivity (Wildman–Crippen MR) is 162 cm³/mol. The van der Waals surface area contributed by atoms with E-state index in [0.29, 0.717) is 19.6 Å². The largest absolute Gasteiger partial charge is 0.359 e. The smallest absolute Gasteiger partial charge is 0.0604 e. The molecule has 0 bridgehead atoms. The molecular weight excluding hydrogens is 444 g/mol. The van der Waals surface area contributed by atoms with Crippen LogP contribution in [0.5, 0.6) is 0 Å². The Hall–Kier alpha value is -3.69. The number of nitrogens with zero attached hydrogens (tertiary/aromatic N) is 3. The van der Waals surface area contributed by atoms with Gasteiger partial charge in [-0.05, 0) is 81.2 Å². The second-order valence-electron chi connectivity index (χ2n) is 7.92. The molecule has 0 aliphatic rings. The first-order valence-electron chi connectivity index (χ1n) is 12.2. The molecule has 36 heavy (non-hydrogen) atoms. The van der Waals surface area contributed by atoms with Crippen LogP contribution in [0.2, 0.25) is 0 Å². The molecule has 198 valence electrons. The first kappa shape index (κ1) is 36.9. The van der Waals surface area contributed by atoms with Gasteiger partial charge >= 0.3 is 0 Å². The maximum Gasteiger partial charge on any atom is 0.0604 e. The van der Waals surface area contributed by atoms with Crippen LogP contribution in [0.1, 0.15) is 73.6 Å². The van der Waals surface area contributed by atoms with Gasteiger partial charge in [0.25, 0.3) is 0 Å². The van der Waals surface area contributed by atoms with Gasteiger partial charge in [0.1, 0.15) is 0 Å². The van der Waals surface area contributed by atoms with Crippen molar-refractivity contribution in [1.29, 1.82) is 0 Å². The zero-order valence-electron chi connectivity index (χ0n) is 23.6. The molecule has 0 saturated carbocycles. The quantitative estimate of drug-likeness (QED) is 0.202. The monoisotopic (exact) mass is 492 g/mol. The fraction of sp³-hybridized carbons (Fsp3) is 0.500. The van der Waals surface area contributed by atoms with Crippen LogP contribution in [0.4, 0.5) is 0 Å².